The molecule has 2 aromatic carbocycles. The molecule has 0 bridgehead atoms. The van der Waals surface area contributed by atoms with Crippen molar-refractivity contribution in [2.24, 2.45) is 0 Å². The van der Waals surface area contributed by atoms with Gasteiger partial charge in [0, 0.05) is 23.8 Å². The van der Waals surface area contributed by atoms with E-state index in [1.165, 1.54) is 10.5 Å². The summed E-state index contributed by atoms with van der Waals surface area (Å²) in [4.78, 5) is 11.7. The molecule has 2 rings (SSSR count). The van der Waals surface area contributed by atoms with Gasteiger partial charge >= 0.3 is 0 Å². The molecule has 4 nitrogen and oxygen atoms in total. The van der Waals surface area contributed by atoms with Crippen molar-refractivity contribution in [3.63, 3.8) is 0 Å². The van der Waals surface area contributed by atoms with Gasteiger partial charge in [-0.25, -0.2) is 0 Å². The van der Waals surface area contributed by atoms with Crippen molar-refractivity contribution in [3.8, 4) is 0 Å². The van der Waals surface area contributed by atoms with E-state index in [1.54, 1.807) is 24.9 Å². The van der Waals surface area contributed by atoms with Gasteiger partial charge in [-0.05, 0) is 30.7 Å². The van der Waals surface area contributed by atoms with E-state index in [4.69, 9.17) is 0 Å². The third kappa shape index (κ3) is 3.51. The minimum Gasteiger partial charge on any atom is -0.383 e. The van der Waals surface area contributed by atoms with Crippen LogP contribution >= 0.6 is 11.8 Å². The molecule has 5 heteroatoms. The number of hydrogen-bond acceptors (Lipinski definition) is 4. The summed E-state index contributed by atoms with van der Waals surface area (Å²) in [6.45, 7) is 2.06. The average molecular weight is 288 g/mol. The van der Waals surface area contributed by atoms with Gasteiger partial charge in [0.25, 0.3) is 5.69 Å². The summed E-state index contributed by atoms with van der Waals surface area (Å²) < 4.78 is 0. The smallest absolute Gasteiger partial charge is 0.292 e. The number of rotatable bonds is 5. The van der Waals surface area contributed by atoms with Crippen LogP contribution in [-0.4, -0.2) is 12.0 Å². The highest BCUT2D eigenvalue weighted by Gasteiger charge is 2.12. The molecule has 0 amide bonds. The van der Waals surface area contributed by atoms with Gasteiger partial charge in [0.05, 0.1) is 4.92 Å². The van der Waals surface area contributed by atoms with Crippen LogP contribution in [0.25, 0.3) is 0 Å². The second-order valence-corrected chi connectivity index (χ2v) is 5.51. The summed E-state index contributed by atoms with van der Waals surface area (Å²) >= 11 is 1.72. The molecule has 0 spiro atoms. The summed E-state index contributed by atoms with van der Waals surface area (Å²) in [6, 6.07) is 13.5. The Morgan fingerprint density at radius 1 is 1.25 bits per heavy atom. The summed E-state index contributed by atoms with van der Waals surface area (Å²) in [7, 11) is 1.69. The minimum atomic E-state index is -0.372. The van der Waals surface area contributed by atoms with Crippen LogP contribution in [0.3, 0.4) is 0 Å². The van der Waals surface area contributed by atoms with Crippen LogP contribution in [-0.2, 0) is 5.75 Å². The molecule has 0 aromatic heterocycles. The molecule has 0 heterocycles. The molecule has 0 atom stereocenters. The van der Waals surface area contributed by atoms with Gasteiger partial charge in [-0.2, -0.15) is 0 Å². The molecule has 0 fully saturated rings. The van der Waals surface area contributed by atoms with Crippen molar-refractivity contribution in [3.05, 3.63) is 63.7 Å². The van der Waals surface area contributed by atoms with Crippen molar-refractivity contribution < 1.29 is 4.92 Å². The van der Waals surface area contributed by atoms with Crippen LogP contribution in [0, 0.1) is 17.0 Å². The van der Waals surface area contributed by atoms with E-state index in [-0.39, 0.29) is 10.6 Å². The third-order valence-electron chi connectivity index (χ3n) is 2.92. The summed E-state index contributed by atoms with van der Waals surface area (Å²) in [6.07, 6.45) is 0. The number of nitro benzene ring substituents is 1. The Kier molecular flexibility index (Phi) is 4.63. The standard InChI is InChI=1S/C15H16N2O2S/c1-11-4-3-5-13(8-11)20-10-12-6-7-15(17(18)19)14(9-12)16-2/h3-9,16H,10H2,1-2H3. The van der Waals surface area contributed by atoms with Crippen LogP contribution in [0.1, 0.15) is 11.1 Å². The predicted molar refractivity (Wildman–Crippen MR) is 83.4 cm³/mol. The summed E-state index contributed by atoms with van der Waals surface area (Å²) in [5.41, 5.74) is 2.95. The van der Waals surface area contributed by atoms with E-state index in [1.807, 2.05) is 18.2 Å². The zero-order valence-corrected chi connectivity index (χ0v) is 12.2. The Hall–Kier alpha value is -2.01. The fourth-order valence-corrected chi connectivity index (χ4v) is 2.86. The second kappa shape index (κ2) is 6.43. The monoisotopic (exact) mass is 288 g/mol. The number of aryl methyl sites for hydroxylation is 1. The molecule has 2 aromatic rings. The second-order valence-electron chi connectivity index (χ2n) is 4.46. The molecule has 0 saturated carbocycles. The molecule has 0 aliphatic heterocycles. The Morgan fingerprint density at radius 2 is 2.05 bits per heavy atom. The maximum Gasteiger partial charge on any atom is 0.292 e. The van der Waals surface area contributed by atoms with Crippen molar-refractivity contribution in [2.45, 2.75) is 17.6 Å². The largest absolute Gasteiger partial charge is 0.383 e. The molecule has 0 unspecified atom stereocenters. The summed E-state index contributed by atoms with van der Waals surface area (Å²) in [5, 5.41) is 13.7. The zero-order chi connectivity index (χ0) is 14.5. The van der Waals surface area contributed by atoms with Crippen LogP contribution < -0.4 is 5.32 Å². The highest BCUT2D eigenvalue weighted by Crippen LogP contribution is 2.29. The Labute approximate surface area is 122 Å². The first-order valence-electron chi connectivity index (χ1n) is 6.24. The van der Waals surface area contributed by atoms with Gasteiger partial charge < -0.3 is 5.32 Å². The molecule has 20 heavy (non-hydrogen) atoms. The summed E-state index contributed by atoms with van der Waals surface area (Å²) in [5.74, 6) is 0.788. The topological polar surface area (TPSA) is 55.2 Å². The van der Waals surface area contributed by atoms with E-state index in [0.717, 1.165) is 11.3 Å². The van der Waals surface area contributed by atoms with E-state index in [2.05, 4.69) is 30.4 Å². The first-order valence-corrected chi connectivity index (χ1v) is 7.23. The zero-order valence-electron chi connectivity index (χ0n) is 11.4. The normalized spacial score (nSPS) is 10.3. The highest BCUT2D eigenvalue weighted by molar-refractivity contribution is 7.98. The highest BCUT2D eigenvalue weighted by atomic mass is 32.2. The lowest BCUT2D eigenvalue weighted by molar-refractivity contribution is -0.383. The van der Waals surface area contributed by atoms with E-state index in [9.17, 15) is 10.1 Å². The fourth-order valence-electron chi connectivity index (χ4n) is 1.90. The van der Waals surface area contributed by atoms with Gasteiger partial charge in [-0.3, -0.25) is 10.1 Å². The Morgan fingerprint density at radius 3 is 2.70 bits per heavy atom. The number of nitro groups is 1. The quantitative estimate of drug-likeness (QED) is 0.508. The third-order valence-corrected chi connectivity index (χ3v) is 3.99. The Bertz CT molecular complexity index is 629. The number of hydrogen-bond donors (Lipinski definition) is 1. The maximum absolute atomic E-state index is 10.9. The number of benzene rings is 2. The van der Waals surface area contributed by atoms with Gasteiger partial charge in [0.15, 0.2) is 0 Å². The van der Waals surface area contributed by atoms with Crippen molar-refractivity contribution in [1.29, 1.82) is 0 Å². The molecule has 0 saturated heterocycles. The molecule has 1 N–H and O–H groups in total. The van der Waals surface area contributed by atoms with E-state index < -0.39 is 0 Å². The molecule has 0 aliphatic carbocycles. The molecular formula is C15H16N2O2S. The van der Waals surface area contributed by atoms with Gasteiger partial charge in [0.1, 0.15) is 5.69 Å². The SMILES string of the molecule is CNc1cc(CSc2cccc(C)c2)ccc1[N+](=O)[O-]. The molecule has 104 valence electrons. The van der Waals surface area contributed by atoms with Crippen LogP contribution in [0.2, 0.25) is 0 Å². The molecule has 0 aliphatic rings. The molecule has 0 radical (unpaired) electrons. The first-order chi connectivity index (χ1) is 9.60. The maximum atomic E-state index is 10.9. The average Bonchev–Trinajstić information content (AvgIpc) is 2.44. The lowest BCUT2D eigenvalue weighted by atomic mass is 10.2. The van der Waals surface area contributed by atoms with Crippen LogP contribution in [0.15, 0.2) is 47.4 Å². The van der Waals surface area contributed by atoms with E-state index in [0.29, 0.717) is 5.69 Å². The predicted octanol–water partition coefficient (Wildman–Crippen LogP) is 4.24. The van der Waals surface area contributed by atoms with Crippen LogP contribution in [0.4, 0.5) is 11.4 Å². The Balaban J connectivity index is 2.12. The number of thioether (sulfide) groups is 1. The van der Waals surface area contributed by atoms with Gasteiger partial charge in [0.2, 0.25) is 0 Å². The van der Waals surface area contributed by atoms with Gasteiger partial charge in [-0.1, -0.05) is 23.8 Å². The van der Waals surface area contributed by atoms with Crippen molar-refractivity contribution in [2.75, 3.05) is 12.4 Å². The minimum absolute atomic E-state index is 0.108. The lowest BCUT2D eigenvalue weighted by Crippen LogP contribution is -1.97. The first kappa shape index (κ1) is 14.4. The van der Waals surface area contributed by atoms with Crippen molar-refractivity contribution >= 4 is 23.1 Å². The number of nitrogens with zero attached hydrogens (tertiary/aromatic N) is 1. The fraction of sp³-hybridized carbons (Fsp3) is 0.200. The lowest BCUT2D eigenvalue weighted by Gasteiger charge is -2.06. The van der Waals surface area contributed by atoms with Crippen LogP contribution in [0.5, 0.6) is 0 Å². The number of nitrogens with one attached hydrogen (secondary N) is 1. The van der Waals surface area contributed by atoms with Crippen molar-refractivity contribution in [1.82, 2.24) is 0 Å². The molecular weight excluding hydrogens is 272 g/mol. The number of anilines is 1. The van der Waals surface area contributed by atoms with Gasteiger partial charge in [-0.15, -0.1) is 11.8 Å². The van der Waals surface area contributed by atoms with E-state index >= 15 is 0 Å².